The largest absolute Gasteiger partial charge is 0.324 e. The second-order valence-corrected chi connectivity index (χ2v) is 7.83. The smallest absolute Gasteiger partial charge is 0.257 e. The van der Waals surface area contributed by atoms with Crippen molar-refractivity contribution in [1.82, 2.24) is 28.5 Å². The predicted octanol–water partition coefficient (Wildman–Crippen LogP) is 3.11. The van der Waals surface area contributed by atoms with Crippen LogP contribution in [0, 0.1) is 6.92 Å². The van der Waals surface area contributed by atoms with Gasteiger partial charge >= 0.3 is 0 Å². The molecule has 0 spiro atoms. The fourth-order valence-corrected chi connectivity index (χ4v) is 3.96. The van der Waals surface area contributed by atoms with Crippen molar-refractivity contribution < 1.29 is 13.6 Å². The molecule has 1 aliphatic heterocycles. The van der Waals surface area contributed by atoms with Crippen molar-refractivity contribution in [2.24, 2.45) is 0 Å². The van der Waals surface area contributed by atoms with Crippen LogP contribution in [0.5, 0.6) is 0 Å². The first-order valence-corrected chi connectivity index (χ1v) is 10.3. The van der Waals surface area contributed by atoms with Crippen molar-refractivity contribution in [3.63, 3.8) is 0 Å². The normalized spacial score (nSPS) is 13.8. The topological polar surface area (TPSA) is 105 Å². The maximum absolute atomic E-state index is 12.7. The third-order valence-corrected chi connectivity index (χ3v) is 5.69. The standard InChI is InChI=1S/C19H17F2N9OS/c1-10-3-13-14(27-32-26-13)4-12(10)24-19-22-6-15-18(25-19)30(9-17(31)28(15)2)11-5-23-29(7-11)8-16(20)21/h3-7,16H,8-9H2,1-2H3,(H,22,24,25). The highest BCUT2D eigenvalue weighted by molar-refractivity contribution is 7.00. The van der Waals surface area contributed by atoms with E-state index in [2.05, 4.69) is 29.1 Å². The van der Waals surface area contributed by atoms with Crippen LogP contribution in [0.15, 0.2) is 30.7 Å². The van der Waals surface area contributed by atoms with Crippen LogP contribution in [0.25, 0.3) is 11.0 Å². The van der Waals surface area contributed by atoms with Gasteiger partial charge < -0.3 is 15.1 Å². The molecule has 0 saturated carbocycles. The number of amides is 1. The molecule has 5 rings (SSSR count). The van der Waals surface area contributed by atoms with Gasteiger partial charge in [-0.05, 0) is 24.6 Å². The molecule has 1 N–H and O–H groups in total. The highest BCUT2D eigenvalue weighted by Gasteiger charge is 2.31. The van der Waals surface area contributed by atoms with Crippen molar-refractivity contribution in [3.05, 3.63) is 36.3 Å². The third kappa shape index (κ3) is 3.60. The summed E-state index contributed by atoms with van der Waals surface area (Å²) < 4.78 is 35.1. The summed E-state index contributed by atoms with van der Waals surface area (Å²) in [5.74, 6) is 0.609. The van der Waals surface area contributed by atoms with Gasteiger partial charge in [0.2, 0.25) is 11.9 Å². The van der Waals surface area contributed by atoms with Crippen LogP contribution < -0.4 is 15.1 Å². The molecule has 32 heavy (non-hydrogen) atoms. The Kier molecular flexibility index (Phi) is 4.89. The molecule has 0 aliphatic carbocycles. The number of anilines is 5. The Morgan fingerprint density at radius 1 is 1.22 bits per heavy atom. The lowest BCUT2D eigenvalue weighted by molar-refractivity contribution is -0.117. The summed E-state index contributed by atoms with van der Waals surface area (Å²) in [4.78, 5) is 24.6. The van der Waals surface area contributed by atoms with Gasteiger partial charge in [0.25, 0.3) is 6.43 Å². The van der Waals surface area contributed by atoms with E-state index < -0.39 is 13.0 Å². The van der Waals surface area contributed by atoms with E-state index in [4.69, 9.17) is 0 Å². The van der Waals surface area contributed by atoms with Gasteiger partial charge in [-0.15, -0.1) is 0 Å². The molecule has 4 aromatic rings. The summed E-state index contributed by atoms with van der Waals surface area (Å²) in [6.07, 6.45) is 1.93. The maximum Gasteiger partial charge on any atom is 0.257 e. The molecule has 0 bridgehead atoms. The Morgan fingerprint density at radius 3 is 2.78 bits per heavy atom. The van der Waals surface area contributed by atoms with Crippen LogP contribution in [0.1, 0.15) is 5.56 Å². The quantitative estimate of drug-likeness (QED) is 0.488. The minimum Gasteiger partial charge on any atom is -0.324 e. The minimum atomic E-state index is -2.53. The molecule has 1 amide bonds. The first kappa shape index (κ1) is 20.2. The number of aromatic nitrogens is 6. The molecule has 0 unspecified atom stereocenters. The van der Waals surface area contributed by atoms with E-state index in [0.717, 1.165) is 38.7 Å². The Bertz CT molecular complexity index is 1320. The molecule has 0 fully saturated rings. The number of fused-ring (bicyclic) bond motifs is 2. The molecule has 1 aliphatic rings. The van der Waals surface area contributed by atoms with Crippen LogP contribution >= 0.6 is 11.7 Å². The average molecular weight is 457 g/mol. The van der Waals surface area contributed by atoms with Gasteiger partial charge in [0.1, 0.15) is 29.8 Å². The highest BCUT2D eigenvalue weighted by atomic mass is 32.1. The Hall–Kier alpha value is -3.74. The summed E-state index contributed by atoms with van der Waals surface area (Å²) in [5, 5.41) is 7.17. The van der Waals surface area contributed by atoms with Crippen LogP contribution in [0.4, 0.5) is 37.6 Å². The Morgan fingerprint density at radius 2 is 2.00 bits per heavy atom. The summed E-state index contributed by atoms with van der Waals surface area (Å²) in [7, 11) is 1.64. The van der Waals surface area contributed by atoms with E-state index in [-0.39, 0.29) is 12.5 Å². The molecule has 13 heteroatoms. The zero-order valence-electron chi connectivity index (χ0n) is 17.0. The second kappa shape index (κ2) is 7.75. The van der Waals surface area contributed by atoms with Gasteiger partial charge in [-0.1, -0.05) is 0 Å². The van der Waals surface area contributed by atoms with E-state index in [1.165, 1.54) is 17.3 Å². The van der Waals surface area contributed by atoms with E-state index in [1.54, 1.807) is 18.1 Å². The van der Waals surface area contributed by atoms with Gasteiger partial charge in [-0.25, -0.2) is 13.8 Å². The molecule has 0 atom stereocenters. The highest BCUT2D eigenvalue weighted by Crippen LogP contribution is 2.36. The van der Waals surface area contributed by atoms with Crippen LogP contribution in [0.2, 0.25) is 0 Å². The molecular weight excluding hydrogens is 440 g/mol. The monoisotopic (exact) mass is 457 g/mol. The van der Waals surface area contributed by atoms with Crippen molar-refractivity contribution in [1.29, 1.82) is 0 Å². The van der Waals surface area contributed by atoms with Gasteiger partial charge in [0.15, 0.2) is 5.82 Å². The number of halogens is 2. The maximum atomic E-state index is 12.7. The van der Waals surface area contributed by atoms with E-state index in [0.29, 0.717) is 23.1 Å². The van der Waals surface area contributed by atoms with Crippen LogP contribution in [-0.4, -0.2) is 54.4 Å². The number of alkyl halides is 2. The third-order valence-electron chi connectivity index (χ3n) is 5.14. The number of hydrogen-bond donors (Lipinski definition) is 1. The minimum absolute atomic E-state index is 0.00416. The molecule has 1 aromatic carbocycles. The summed E-state index contributed by atoms with van der Waals surface area (Å²) in [6.45, 7) is 1.41. The van der Waals surface area contributed by atoms with Crippen LogP contribution in [0.3, 0.4) is 0 Å². The van der Waals surface area contributed by atoms with Crippen molar-refractivity contribution >= 4 is 57.5 Å². The average Bonchev–Trinajstić information content (AvgIpc) is 3.39. The number of benzene rings is 1. The van der Waals surface area contributed by atoms with Gasteiger partial charge in [-0.3, -0.25) is 9.48 Å². The van der Waals surface area contributed by atoms with Gasteiger partial charge in [0, 0.05) is 18.9 Å². The molecule has 0 saturated heterocycles. The number of nitrogens with zero attached hydrogens (tertiary/aromatic N) is 8. The first-order chi connectivity index (χ1) is 15.4. The number of rotatable bonds is 5. The molecule has 3 aromatic heterocycles. The number of carbonyl (C=O) groups is 1. The number of aryl methyl sites for hydroxylation is 1. The first-order valence-electron chi connectivity index (χ1n) is 9.60. The number of carbonyl (C=O) groups excluding carboxylic acids is 1. The zero-order chi connectivity index (χ0) is 22.4. The SMILES string of the molecule is Cc1cc2nsnc2cc1Nc1ncc2c(n1)N(c1cnn(CC(F)F)c1)CC(=O)N2C. The lowest BCUT2D eigenvalue weighted by atomic mass is 10.2. The molecule has 0 radical (unpaired) electrons. The van der Waals surface area contributed by atoms with Gasteiger partial charge in [-0.2, -0.15) is 18.8 Å². The lowest BCUT2D eigenvalue weighted by Crippen LogP contribution is -2.42. The van der Waals surface area contributed by atoms with E-state index >= 15 is 0 Å². The Labute approximate surface area is 184 Å². The van der Waals surface area contributed by atoms with Crippen molar-refractivity contribution in [2.75, 3.05) is 28.7 Å². The van der Waals surface area contributed by atoms with E-state index in [1.807, 2.05) is 19.1 Å². The summed E-state index contributed by atoms with van der Waals surface area (Å²) in [6, 6.07) is 3.80. The van der Waals surface area contributed by atoms with Crippen LogP contribution in [-0.2, 0) is 11.3 Å². The zero-order valence-corrected chi connectivity index (χ0v) is 17.8. The van der Waals surface area contributed by atoms with Crippen molar-refractivity contribution in [2.45, 2.75) is 19.9 Å². The summed E-state index contributed by atoms with van der Waals surface area (Å²) in [5.41, 5.74) is 4.30. The fraction of sp³-hybridized carbons (Fsp3) is 0.263. The van der Waals surface area contributed by atoms with Gasteiger partial charge in [0.05, 0.1) is 29.8 Å². The molecular formula is C19H17F2N9OS. The number of hydrogen-bond acceptors (Lipinski definition) is 9. The van der Waals surface area contributed by atoms with Crippen molar-refractivity contribution in [3.8, 4) is 0 Å². The second-order valence-electron chi connectivity index (χ2n) is 7.30. The summed E-state index contributed by atoms with van der Waals surface area (Å²) >= 11 is 1.14. The lowest BCUT2D eigenvalue weighted by Gasteiger charge is -2.33. The molecule has 10 nitrogen and oxygen atoms in total. The Balaban J connectivity index is 1.51. The number of likely N-dealkylation sites (N-methyl/N-ethyl adjacent to an activating group) is 1. The predicted molar refractivity (Wildman–Crippen MR) is 116 cm³/mol. The van der Waals surface area contributed by atoms with E-state index in [9.17, 15) is 13.6 Å². The number of nitrogens with one attached hydrogen (secondary N) is 1. The molecule has 4 heterocycles. The fourth-order valence-electron chi connectivity index (χ4n) is 3.45. The molecule has 164 valence electrons.